The van der Waals surface area contributed by atoms with Gasteiger partial charge in [0, 0.05) is 31.9 Å². The summed E-state index contributed by atoms with van der Waals surface area (Å²) >= 11 is 0. The third kappa shape index (κ3) is 3.85. The first-order chi connectivity index (χ1) is 9.97. The standard InChI is InChI=1S/C18H22N2O/c1-13-5-6-14(2)16(11-13)12-19-17-9-7-15(8-10-17)18(21)20(3)4/h5-11,19H,12H2,1-4H3. The van der Waals surface area contributed by atoms with Crippen molar-refractivity contribution in [3.63, 3.8) is 0 Å². The van der Waals surface area contributed by atoms with Crippen molar-refractivity contribution >= 4 is 11.6 Å². The van der Waals surface area contributed by atoms with Crippen molar-refractivity contribution in [3.8, 4) is 0 Å². The Morgan fingerprint density at radius 1 is 1.05 bits per heavy atom. The van der Waals surface area contributed by atoms with Gasteiger partial charge in [0.05, 0.1) is 0 Å². The zero-order chi connectivity index (χ0) is 15.4. The zero-order valence-corrected chi connectivity index (χ0v) is 13.1. The molecule has 2 rings (SSSR count). The molecule has 0 bridgehead atoms. The smallest absolute Gasteiger partial charge is 0.253 e. The molecule has 0 fully saturated rings. The average Bonchev–Trinajstić information content (AvgIpc) is 2.48. The summed E-state index contributed by atoms with van der Waals surface area (Å²) in [5, 5.41) is 3.40. The van der Waals surface area contributed by atoms with Gasteiger partial charge in [-0.1, -0.05) is 23.8 Å². The molecular formula is C18H22N2O. The van der Waals surface area contributed by atoms with Crippen LogP contribution in [0.5, 0.6) is 0 Å². The number of carbonyl (C=O) groups excluding carboxylic acids is 1. The van der Waals surface area contributed by atoms with Gasteiger partial charge in [-0.05, 0) is 49.2 Å². The molecule has 3 nitrogen and oxygen atoms in total. The van der Waals surface area contributed by atoms with E-state index in [0.717, 1.165) is 12.2 Å². The fourth-order valence-corrected chi connectivity index (χ4v) is 2.18. The summed E-state index contributed by atoms with van der Waals surface area (Å²) in [4.78, 5) is 13.4. The molecule has 0 spiro atoms. The Labute approximate surface area is 126 Å². The Hall–Kier alpha value is -2.29. The van der Waals surface area contributed by atoms with Crippen molar-refractivity contribution in [3.05, 3.63) is 64.7 Å². The largest absolute Gasteiger partial charge is 0.381 e. The highest BCUT2D eigenvalue weighted by molar-refractivity contribution is 5.94. The number of nitrogens with one attached hydrogen (secondary N) is 1. The molecule has 0 atom stereocenters. The van der Waals surface area contributed by atoms with Crippen molar-refractivity contribution in [2.24, 2.45) is 0 Å². The number of anilines is 1. The molecule has 0 heterocycles. The Kier molecular flexibility index (Phi) is 4.63. The van der Waals surface area contributed by atoms with Gasteiger partial charge >= 0.3 is 0 Å². The van der Waals surface area contributed by atoms with E-state index in [1.165, 1.54) is 16.7 Å². The molecule has 1 amide bonds. The van der Waals surface area contributed by atoms with E-state index >= 15 is 0 Å². The summed E-state index contributed by atoms with van der Waals surface area (Å²) in [5.41, 5.74) is 5.57. The molecule has 2 aromatic carbocycles. The van der Waals surface area contributed by atoms with Crippen molar-refractivity contribution in [2.45, 2.75) is 20.4 Å². The molecule has 3 heteroatoms. The van der Waals surface area contributed by atoms with Crippen LogP contribution in [-0.2, 0) is 6.54 Å². The molecule has 21 heavy (non-hydrogen) atoms. The maximum Gasteiger partial charge on any atom is 0.253 e. The highest BCUT2D eigenvalue weighted by Gasteiger charge is 2.07. The van der Waals surface area contributed by atoms with E-state index in [-0.39, 0.29) is 5.91 Å². The number of carbonyl (C=O) groups is 1. The van der Waals surface area contributed by atoms with Crippen molar-refractivity contribution in [2.75, 3.05) is 19.4 Å². The maximum atomic E-state index is 11.8. The van der Waals surface area contributed by atoms with E-state index in [0.29, 0.717) is 5.56 Å². The molecule has 0 saturated heterocycles. The molecule has 0 aromatic heterocycles. The third-order valence-corrected chi connectivity index (χ3v) is 3.53. The molecule has 2 aromatic rings. The minimum absolute atomic E-state index is 0.0241. The zero-order valence-electron chi connectivity index (χ0n) is 13.1. The van der Waals surface area contributed by atoms with Crippen LogP contribution in [0.3, 0.4) is 0 Å². The maximum absolute atomic E-state index is 11.8. The number of nitrogens with zero attached hydrogens (tertiary/aromatic N) is 1. The predicted octanol–water partition coefficient (Wildman–Crippen LogP) is 3.62. The van der Waals surface area contributed by atoms with Crippen LogP contribution in [0.25, 0.3) is 0 Å². The summed E-state index contributed by atoms with van der Waals surface area (Å²) < 4.78 is 0. The van der Waals surface area contributed by atoms with Crippen LogP contribution >= 0.6 is 0 Å². The molecular weight excluding hydrogens is 260 g/mol. The first-order valence-corrected chi connectivity index (χ1v) is 7.09. The second-order valence-corrected chi connectivity index (χ2v) is 5.56. The molecule has 0 aliphatic carbocycles. The normalized spacial score (nSPS) is 10.3. The van der Waals surface area contributed by atoms with Gasteiger partial charge in [-0.25, -0.2) is 0 Å². The Balaban J connectivity index is 2.04. The summed E-state index contributed by atoms with van der Waals surface area (Å²) in [6.45, 7) is 5.01. The first-order valence-electron chi connectivity index (χ1n) is 7.09. The molecule has 0 unspecified atom stereocenters. The first kappa shape index (κ1) is 15.1. The topological polar surface area (TPSA) is 32.3 Å². The van der Waals surface area contributed by atoms with Crippen LogP contribution in [-0.4, -0.2) is 24.9 Å². The number of benzene rings is 2. The van der Waals surface area contributed by atoms with E-state index < -0.39 is 0 Å². The van der Waals surface area contributed by atoms with Gasteiger partial charge in [0.15, 0.2) is 0 Å². The molecule has 0 saturated carbocycles. The highest BCUT2D eigenvalue weighted by Crippen LogP contribution is 2.15. The van der Waals surface area contributed by atoms with E-state index in [1.54, 1.807) is 19.0 Å². The van der Waals surface area contributed by atoms with Crippen molar-refractivity contribution in [1.29, 1.82) is 0 Å². The van der Waals surface area contributed by atoms with Gasteiger partial charge in [-0.3, -0.25) is 4.79 Å². The number of hydrogen-bond donors (Lipinski definition) is 1. The van der Waals surface area contributed by atoms with Gasteiger partial charge in [-0.15, -0.1) is 0 Å². The van der Waals surface area contributed by atoms with Crippen LogP contribution in [0.2, 0.25) is 0 Å². The summed E-state index contributed by atoms with van der Waals surface area (Å²) in [5.74, 6) is 0.0241. The lowest BCUT2D eigenvalue weighted by Gasteiger charge is -2.12. The van der Waals surface area contributed by atoms with E-state index in [1.807, 2.05) is 24.3 Å². The lowest BCUT2D eigenvalue weighted by molar-refractivity contribution is 0.0827. The van der Waals surface area contributed by atoms with Gasteiger partial charge < -0.3 is 10.2 Å². The number of amides is 1. The average molecular weight is 282 g/mol. The van der Waals surface area contributed by atoms with Crippen LogP contribution in [0.1, 0.15) is 27.0 Å². The van der Waals surface area contributed by atoms with Crippen LogP contribution in [0.15, 0.2) is 42.5 Å². The van der Waals surface area contributed by atoms with E-state index in [9.17, 15) is 4.79 Å². The highest BCUT2D eigenvalue weighted by atomic mass is 16.2. The number of aryl methyl sites for hydroxylation is 2. The van der Waals surface area contributed by atoms with Gasteiger partial charge in [-0.2, -0.15) is 0 Å². The second kappa shape index (κ2) is 6.44. The molecule has 0 radical (unpaired) electrons. The van der Waals surface area contributed by atoms with E-state index in [4.69, 9.17) is 0 Å². The summed E-state index contributed by atoms with van der Waals surface area (Å²) in [6.07, 6.45) is 0. The van der Waals surface area contributed by atoms with Crippen molar-refractivity contribution < 1.29 is 4.79 Å². The van der Waals surface area contributed by atoms with Crippen LogP contribution in [0.4, 0.5) is 5.69 Å². The van der Waals surface area contributed by atoms with Crippen LogP contribution < -0.4 is 5.32 Å². The minimum Gasteiger partial charge on any atom is -0.381 e. The molecule has 1 N–H and O–H groups in total. The van der Waals surface area contributed by atoms with Crippen LogP contribution in [0, 0.1) is 13.8 Å². The monoisotopic (exact) mass is 282 g/mol. The van der Waals surface area contributed by atoms with Crippen molar-refractivity contribution in [1.82, 2.24) is 4.90 Å². The second-order valence-electron chi connectivity index (χ2n) is 5.56. The Morgan fingerprint density at radius 3 is 2.33 bits per heavy atom. The summed E-state index contributed by atoms with van der Waals surface area (Å²) in [7, 11) is 3.52. The van der Waals surface area contributed by atoms with Gasteiger partial charge in [0.2, 0.25) is 0 Å². The fourth-order valence-electron chi connectivity index (χ4n) is 2.18. The van der Waals surface area contributed by atoms with E-state index in [2.05, 4.69) is 37.4 Å². The summed E-state index contributed by atoms with van der Waals surface area (Å²) in [6, 6.07) is 14.1. The Bertz CT molecular complexity index is 630. The number of hydrogen-bond acceptors (Lipinski definition) is 2. The van der Waals surface area contributed by atoms with Gasteiger partial charge in [0.1, 0.15) is 0 Å². The molecule has 0 aliphatic rings. The number of rotatable bonds is 4. The SMILES string of the molecule is Cc1ccc(C)c(CNc2ccc(C(=O)N(C)C)cc2)c1. The lowest BCUT2D eigenvalue weighted by Crippen LogP contribution is -2.21. The molecule has 110 valence electrons. The quantitative estimate of drug-likeness (QED) is 0.929. The minimum atomic E-state index is 0.0241. The third-order valence-electron chi connectivity index (χ3n) is 3.53. The predicted molar refractivity (Wildman–Crippen MR) is 87.7 cm³/mol. The lowest BCUT2D eigenvalue weighted by atomic mass is 10.1. The van der Waals surface area contributed by atoms with Gasteiger partial charge in [0.25, 0.3) is 5.91 Å². The molecule has 0 aliphatic heterocycles. The Morgan fingerprint density at radius 2 is 1.71 bits per heavy atom. The fraction of sp³-hybridized carbons (Fsp3) is 0.278.